The van der Waals surface area contributed by atoms with Gasteiger partial charge in [0.15, 0.2) is 0 Å². The molecular weight excluding hydrogens is 246 g/mol. The number of nitrogens with one attached hydrogen (secondary N) is 2. The minimum Gasteiger partial charge on any atom is -0.356 e. The van der Waals surface area contributed by atoms with E-state index in [-0.39, 0.29) is 5.91 Å². The van der Waals surface area contributed by atoms with Crippen LogP contribution in [0.2, 0.25) is 4.34 Å². The predicted molar refractivity (Wildman–Crippen MR) is 66.7 cm³/mol. The van der Waals surface area contributed by atoms with Gasteiger partial charge in [-0.25, -0.2) is 4.98 Å². The molecule has 0 bridgehead atoms. The molecule has 1 amide bonds. The van der Waals surface area contributed by atoms with Gasteiger partial charge in [-0.15, -0.1) is 11.3 Å². The van der Waals surface area contributed by atoms with E-state index < -0.39 is 0 Å². The molecule has 4 nitrogen and oxygen atoms in total. The lowest BCUT2D eigenvalue weighted by Gasteiger charge is -2.03. The van der Waals surface area contributed by atoms with Crippen LogP contribution in [0.25, 0.3) is 0 Å². The van der Waals surface area contributed by atoms with Crippen molar-refractivity contribution in [2.45, 2.75) is 26.3 Å². The highest BCUT2D eigenvalue weighted by Crippen LogP contribution is 2.17. The number of hydrogen-bond donors (Lipinski definition) is 2. The van der Waals surface area contributed by atoms with Gasteiger partial charge in [0, 0.05) is 26.1 Å². The van der Waals surface area contributed by atoms with Crippen molar-refractivity contribution in [1.29, 1.82) is 0 Å². The molecule has 1 rings (SSSR count). The molecule has 1 aromatic rings. The molecule has 16 heavy (non-hydrogen) atoms. The van der Waals surface area contributed by atoms with Crippen LogP contribution in [0.1, 0.15) is 24.8 Å². The Balaban J connectivity index is 2.05. The minimum absolute atomic E-state index is 0.0894. The lowest BCUT2D eigenvalue weighted by molar-refractivity contribution is -0.120. The quantitative estimate of drug-likeness (QED) is 0.736. The van der Waals surface area contributed by atoms with Crippen LogP contribution in [-0.4, -0.2) is 24.0 Å². The number of carbonyl (C=O) groups excluding carboxylic acids is 1. The summed E-state index contributed by atoms with van der Waals surface area (Å²) < 4.78 is 0.692. The Morgan fingerprint density at radius 1 is 1.56 bits per heavy atom. The third-order valence-electron chi connectivity index (χ3n) is 1.90. The fourth-order valence-electron chi connectivity index (χ4n) is 1.12. The zero-order chi connectivity index (χ0) is 11.8. The first-order valence-corrected chi connectivity index (χ1v) is 6.49. The van der Waals surface area contributed by atoms with Crippen LogP contribution >= 0.6 is 22.9 Å². The average Bonchev–Trinajstić information content (AvgIpc) is 2.67. The highest BCUT2D eigenvalue weighted by molar-refractivity contribution is 7.15. The summed E-state index contributed by atoms with van der Waals surface area (Å²) in [7, 11) is 0. The Bertz CT molecular complexity index is 330. The van der Waals surface area contributed by atoms with Gasteiger partial charge in [-0.3, -0.25) is 4.79 Å². The summed E-state index contributed by atoms with van der Waals surface area (Å²) in [5.74, 6) is 0.0894. The van der Waals surface area contributed by atoms with Crippen LogP contribution in [0.15, 0.2) is 6.20 Å². The molecule has 0 aliphatic rings. The third-order valence-corrected chi connectivity index (χ3v) is 3.02. The maximum absolute atomic E-state index is 11.2. The molecule has 1 heterocycles. The van der Waals surface area contributed by atoms with E-state index in [2.05, 4.69) is 15.6 Å². The Kier molecular flexibility index (Phi) is 6.37. The van der Waals surface area contributed by atoms with Crippen LogP contribution in [0.4, 0.5) is 0 Å². The molecule has 6 heteroatoms. The second-order valence-corrected chi connectivity index (χ2v) is 5.08. The second kappa shape index (κ2) is 7.60. The molecule has 0 aromatic carbocycles. The molecule has 0 saturated heterocycles. The fraction of sp³-hybridized carbons (Fsp3) is 0.600. The number of nitrogens with zero attached hydrogens (tertiary/aromatic N) is 1. The summed E-state index contributed by atoms with van der Waals surface area (Å²) in [6, 6.07) is 0. The van der Waals surface area contributed by atoms with Crippen LogP contribution in [-0.2, 0) is 11.3 Å². The first-order valence-electron chi connectivity index (χ1n) is 5.30. The van der Waals surface area contributed by atoms with Gasteiger partial charge in [-0.05, 0) is 6.42 Å². The number of thiazole rings is 1. The van der Waals surface area contributed by atoms with Gasteiger partial charge in [0.05, 0.1) is 6.20 Å². The maximum atomic E-state index is 11.2. The van der Waals surface area contributed by atoms with Crippen LogP contribution in [0, 0.1) is 0 Å². The molecule has 0 aliphatic carbocycles. The van der Waals surface area contributed by atoms with E-state index in [1.807, 2.05) is 6.92 Å². The van der Waals surface area contributed by atoms with Gasteiger partial charge in [0.25, 0.3) is 0 Å². The van der Waals surface area contributed by atoms with E-state index in [1.54, 1.807) is 6.20 Å². The zero-order valence-electron chi connectivity index (χ0n) is 9.25. The summed E-state index contributed by atoms with van der Waals surface area (Å²) in [5, 5.41) is 6.92. The largest absolute Gasteiger partial charge is 0.356 e. The molecule has 2 N–H and O–H groups in total. The number of amides is 1. The Hall–Kier alpha value is -0.650. The smallest absolute Gasteiger partial charge is 0.221 e. The maximum Gasteiger partial charge on any atom is 0.221 e. The van der Waals surface area contributed by atoms with Crippen molar-refractivity contribution >= 4 is 28.8 Å². The monoisotopic (exact) mass is 261 g/mol. The van der Waals surface area contributed by atoms with Crippen molar-refractivity contribution in [3.05, 3.63) is 15.5 Å². The van der Waals surface area contributed by atoms with Gasteiger partial charge < -0.3 is 10.6 Å². The summed E-state index contributed by atoms with van der Waals surface area (Å²) in [4.78, 5) is 15.3. The van der Waals surface area contributed by atoms with Crippen molar-refractivity contribution in [3.8, 4) is 0 Å². The molecule has 0 saturated carbocycles. The SMILES string of the molecule is CCCNC(=O)CCNCc1ncc(Cl)s1. The van der Waals surface area contributed by atoms with Crippen molar-refractivity contribution in [2.24, 2.45) is 0 Å². The Morgan fingerprint density at radius 2 is 2.38 bits per heavy atom. The number of halogens is 1. The van der Waals surface area contributed by atoms with E-state index in [0.29, 0.717) is 23.8 Å². The third kappa shape index (κ3) is 5.44. The molecule has 0 atom stereocenters. The molecule has 0 spiro atoms. The summed E-state index contributed by atoms with van der Waals surface area (Å²) >= 11 is 7.20. The summed E-state index contributed by atoms with van der Waals surface area (Å²) in [5.41, 5.74) is 0. The average molecular weight is 262 g/mol. The van der Waals surface area contributed by atoms with Gasteiger partial charge in [-0.1, -0.05) is 18.5 Å². The van der Waals surface area contributed by atoms with Crippen LogP contribution < -0.4 is 10.6 Å². The first kappa shape index (κ1) is 13.4. The predicted octanol–water partition coefficient (Wildman–Crippen LogP) is 1.80. The van der Waals surface area contributed by atoms with E-state index in [9.17, 15) is 4.79 Å². The van der Waals surface area contributed by atoms with E-state index in [4.69, 9.17) is 11.6 Å². The number of aromatic nitrogens is 1. The zero-order valence-corrected chi connectivity index (χ0v) is 10.8. The van der Waals surface area contributed by atoms with Crippen LogP contribution in [0.3, 0.4) is 0 Å². The fourth-order valence-corrected chi connectivity index (χ4v) is 2.05. The lowest BCUT2D eigenvalue weighted by atomic mass is 10.3. The van der Waals surface area contributed by atoms with Crippen molar-refractivity contribution in [3.63, 3.8) is 0 Å². The van der Waals surface area contributed by atoms with Crippen molar-refractivity contribution < 1.29 is 4.79 Å². The van der Waals surface area contributed by atoms with Crippen molar-refractivity contribution in [1.82, 2.24) is 15.6 Å². The summed E-state index contributed by atoms with van der Waals surface area (Å²) in [6.07, 6.45) is 3.10. The second-order valence-electron chi connectivity index (χ2n) is 3.33. The van der Waals surface area contributed by atoms with Crippen molar-refractivity contribution in [2.75, 3.05) is 13.1 Å². The van der Waals surface area contributed by atoms with E-state index in [1.165, 1.54) is 11.3 Å². The lowest BCUT2D eigenvalue weighted by Crippen LogP contribution is -2.27. The van der Waals surface area contributed by atoms with Crippen LogP contribution in [0.5, 0.6) is 0 Å². The highest BCUT2D eigenvalue weighted by Gasteiger charge is 2.01. The standard InChI is InChI=1S/C10H16ClN3OS/c1-2-4-13-9(15)3-5-12-7-10-14-6-8(11)16-10/h6,12H,2-5,7H2,1H3,(H,13,15). The molecule has 0 radical (unpaired) electrons. The molecule has 90 valence electrons. The Morgan fingerprint density at radius 3 is 3.00 bits per heavy atom. The number of hydrogen-bond acceptors (Lipinski definition) is 4. The Labute approximate surface area is 104 Å². The molecule has 0 aliphatic heterocycles. The van der Waals surface area contributed by atoms with E-state index >= 15 is 0 Å². The van der Waals surface area contributed by atoms with Gasteiger partial charge >= 0.3 is 0 Å². The van der Waals surface area contributed by atoms with E-state index in [0.717, 1.165) is 18.0 Å². The topological polar surface area (TPSA) is 54.0 Å². The van der Waals surface area contributed by atoms with Gasteiger partial charge in [0.1, 0.15) is 9.34 Å². The van der Waals surface area contributed by atoms with Gasteiger partial charge in [-0.2, -0.15) is 0 Å². The molecule has 1 aromatic heterocycles. The summed E-state index contributed by atoms with van der Waals surface area (Å²) in [6.45, 7) is 4.11. The normalized spacial score (nSPS) is 10.4. The number of carbonyl (C=O) groups is 1. The van der Waals surface area contributed by atoms with Gasteiger partial charge in [0.2, 0.25) is 5.91 Å². The molecular formula is C10H16ClN3OS. The minimum atomic E-state index is 0.0894. The first-order chi connectivity index (χ1) is 7.72. The number of rotatable bonds is 7. The molecule has 0 fully saturated rings. The molecule has 0 unspecified atom stereocenters. The highest BCUT2D eigenvalue weighted by atomic mass is 35.5.